The van der Waals surface area contributed by atoms with Gasteiger partial charge in [0, 0.05) is 11.8 Å². The van der Waals surface area contributed by atoms with E-state index in [1.54, 1.807) is 42.5 Å². The first-order valence-corrected chi connectivity index (χ1v) is 9.23. The van der Waals surface area contributed by atoms with E-state index in [4.69, 9.17) is 9.47 Å². The lowest BCUT2D eigenvalue weighted by Crippen LogP contribution is -2.06. The minimum absolute atomic E-state index is 0.125. The first-order valence-electron chi connectivity index (χ1n) is 9.23. The molecule has 30 heavy (non-hydrogen) atoms. The normalized spacial score (nSPS) is 10.3. The number of esters is 1. The Labute approximate surface area is 173 Å². The van der Waals surface area contributed by atoms with Crippen LogP contribution in [-0.2, 0) is 11.3 Å². The summed E-state index contributed by atoms with van der Waals surface area (Å²) < 4.78 is 12.6. The van der Waals surface area contributed by atoms with Gasteiger partial charge in [0.15, 0.2) is 0 Å². The van der Waals surface area contributed by atoms with E-state index in [1.807, 2.05) is 34.9 Å². The molecule has 6 nitrogen and oxygen atoms in total. The number of carbonyl (C=O) groups is 1. The molecule has 0 aliphatic carbocycles. The van der Waals surface area contributed by atoms with Gasteiger partial charge in [-0.1, -0.05) is 30.2 Å². The predicted molar refractivity (Wildman–Crippen MR) is 111 cm³/mol. The molecule has 0 radical (unpaired) electrons. The van der Waals surface area contributed by atoms with Crippen LogP contribution in [0.5, 0.6) is 11.5 Å². The maximum absolute atomic E-state index is 12.0. The molecule has 0 bridgehead atoms. The number of hydrogen-bond donors (Lipinski definition) is 1. The summed E-state index contributed by atoms with van der Waals surface area (Å²) >= 11 is 0. The lowest BCUT2D eigenvalue weighted by atomic mass is 10.2. The molecule has 0 spiro atoms. The van der Waals surface area contributed by atoms with Gasteiger partial charge in [-0.3, -0.25) is 4.40 Å². The molecule has 0 aliphatic rings. The van der Waals surface area contributed by atoms with Crippen molar-refractivity contribution >= 4 is 11.6 Å². The highest BCUT2D eigenvalue weighted by Gasteiger charge is 2.15. The second-order valence-corrected chi connectivity index (χ2v) is 6.41. The molecule has 148 valence electrons. The molecule has 0 saturated carbocycles. The van der Waals surface area contributed by atoms with E-state index in [-0.39, 0.29) is 12.4 Å². The quantitative estimate of drug-likeness (QED) is 0.418. The summed E-state index contributed by atoms with van der Waals surface area (Å²) in [7, 11) is 1.33. The van der Waals surface area contributed by atoms with E-state index < -0.39 is 5.97 Å². The maximum atomic E-state index is 12.0. The SMILES string of the molecule is COC(=O)c1ccccc1OCc1nc2ccccn2c1C#Cc1cccc(O)c1. The van der Waals surface area contributed by atoms with Gasteiger partial charge in [0.25, 0.3) is 0 Å². The highest BCUT2D eigenvalue weighted by molar-refractivity contribution is 5.92. The molecule has 4 aromatic rings. The number of phenols is 1. The summed E-state index contributed by atoms with van der Waals surface area (Å²) in [6.45, 7) is 0.125. The van der Waals surface area contributed by atoms with Gasteiger partial charge in [0.2, 0.25) is 0 Å². The van der Waals surface area contributed by atoms with Crippen LogP contribution >= 0.6 is 0 Å². The molecular formula is C24H18N2O4. The number of hydrogen-bond acceptors (Lipinski definition) is 5. The minimum Gasteiger partial charge on any atom is -0.508 e. The van der Waals surface area contributed by atoms with Crippen LogP contribution in [0.4, 0.5) is 0 Å². The van der Waals surface area contributed by atoms with E-state index in [2.05, 4.69) is 16.8 Å². The molecule has 0 atom stereocenters. The molecule has 2 heterocycles. The number of pyridine rings is 1. The molecule has 0 saturated heterocycles. The number of para-hydroxylation sites is 1. The van der Waals surface area contributed by atoms with Crippen LogP contribution < -0.4 is 4.74 Å². The van der Waals surface area contributed by atoms with E-state index in [0.717, 1.165) is 5.65 Å². The topological polar surface area (TPSA) is 73.1 Å². The number of aromatic hydroxyl groups is 1. The summed E-state index contributed by atoms with van der Waals surface area (Å²) in [5.74, 6) is 6.29. The zero-order chi connectivity index (χ0) is 20.9. The van der Waals surface area contributed by atoms with Gasteiger partial charge < -0.3 is 14.6 Å². The highest BCUT2D eigenvalue weighted by atomic mass is 16.5. The summed E-state index contributed by atoms with van der Waals surface area (Å²) in [6.07, 6.45) is 1.88. The van der Waals surface area contributed by atoms with E-state index in [0.29, 0.717) is 28.3 Å². The van der Waals surface area contributed by atoms with E-state index in [1.165, 1.54) is 7.11 Å². The Hall–Kier alpha value is -4.24. The van der Waals surface area contributed by atoms with Gasteiger partial charge in [-0.25, -0.2) is 9.78 Å². The first kappa shape index (κ1) is 19.1. The molecule has 4 rings (SSSR count). The zero-order valence-electron chi connectivity index (χ0n) is 16.2. The molecule has 1 N–H and O–H groups in total. The predicted octanol–water partition coefficient (Wildman–Crippen LogP) is 3.81. The Morgan fingerprint density at radius 1 is 1.07 bits per heavy atom. The molecular weight excluding hydrogens is 380 g/mol. The Morgan fingerprint density at radius 3 is 2.73 bits per heavy atom. The van der Waals surface area contributed by atoms with Crippen molar-refractivity contribution in [2.75, 3.05) is 7.11 Å². The van der Waals surface area contributed by atoms with Crippen LogP contribution in [0.3, 0.4) is 0 Å². The largest absolute Gasteiger partial charge is 0.508 e. The second kappa shape index (κ2) is 8.41. The molecule has 0 aliphatic heterocycles. The summed E-state index contributed by atoms with van der Waals surface area (Å²) in [5.41, 5.74) is 3.07. The van der Waals surface area contributed by atoms with Gasteiger partial charge in [-0.15, -0.1) is 0 Å². The van der Waals surface area contributed by atoms with Gasteiger partial charge >= 0.3 is 5.97 Å². The average molecular weight is 398 g/mol. The fraction of sp³-hybridized carbons (Fsp3) is 0.0833. The third kappa shape index (κ3) is 3.96. The number of ether oxygens (including phenoxy) is 2. The summed E-state index contributed by atoms with van der Waals surface area (Å²) in [4.78, 5) is 16.6. The van der Waals surface area contributed by atoms with Crippen LogP contribution in [0, 0.1) is 11.8 Å². The van der Waals surface area contributed by atoms with Crippen molar-refractivity contribution in [2.24, 2.45) is 0 Å². The lowest BCUT2D eigenvalue weighted by Gasteiger charge is -2.09. The van der Waals surface area contributed by atoms with Crippen molar-refractivity contribution in [1.29, 1.82) is 0 Å². The average Bonchev–Trinajstić information content (AvgIpc) is 3.13. The van der Waals surface area contributed by atoms with Crippen molar-refractivity contribution in [3.63, 3.8) is 0 Å². The van der Waals surface area contributed by atoms with Crippen molar-refractivity contribution in [3.8, 4) is 23.3 Å². The minimum atomic E-state index is -0.468. The third-order valence-electron chi connectivity index (χ3n) is 4.43. The number of methoxy groups -OCH3 is 1. The monoisotopic (exact) mass is 398 g/mol. The molecule has 2 aromatic heterocycles. The fourth-order valence-corrected chi connectivity index (χ4v) is 3.01. The van der Waals surface area contributed by atoms with Crippen molar-refractivity contribution < 1.29 is 19.4 Å². The van der Waals surface area contributed by atoms with Crippen LogP contribution in [0.2, 0.25) is 0 Å². The second-order valence-electron chi connectivity index (χ2n) is 6.41. The van der Waals surface area contributed by atoms with Crippen molar-refractivity contribution in [3.05, 3.63) is 95.4 Å². The van der Waals surface area contributed by atoms with E-state index >= 15 is 0 Å². The van der Waals surface area contributed by atoms with Gasteiger partial charge in [0.05, 0.1) is 7.11 Å². The number of carbonyl (C=O) groups excluding carboxylic acids is 1. The number of fused-ring (bicyclic) bond motifs is 1. The Morgan fingerprint density at radius 2 is 1.90 bits per heavy atom. The Balaban J connectivity index is 1.69. The summed E-state index contributed by atoms with van der Waals surface area (Å²) in [5, 5.41) is 9.65. The van der Waals surface area contributed by atoms with Crippen LogP contribution in [0.15, 0.2) is 72.9 Å². The number of phenolic OH excluding ortho intramolecular Hbond substituents is 1. The van der Waals surface area contributed by atoms with Crippen molar-refractivity contribution in [1.82, 2.24) is 9.38 Å². The molecule has 0 fully saturated rings. The Kier molecular flexibility index (Phi) is 5.35. The molecule has 0 amide bonds. The van der Waals surface area contributed by atoms with Gasteiger partial charge in [-0.05, 0) is 48.4 Å². The number of aromatic nitrogens is 2. The number of rotatable bonds is 4. The third-order valence-corrected chi connectivity index (χ3v) is 4.43. The van der Waals surface area contributed by atoms with Gasteiger partial charge in [0.1, 0.15) is 40.7 Å². The zero-order valence-corrected chi connectivity index (χ0v) is 16.2. The van der Waals surface area contributed by atoms with Gasteiger partial charge in [-0.2, -0.15) is 0 Å². The smallest absolute Gasteiger partial charge is 0.341 e. The van der Waals surface area contributed by atoms with Crippen LogP contribution in [0.1, 0.15) is 27.3 Å². The number of nitrogens with zero attached hydrogens (tertiary/aromatic N) is 2. The standard InChI is InChI=1S/C24H18N2O4/c1-29-24(28)19-9-2-3-10-22(19)30-16-20-21(26-14-5-4-11-23(26)25-20)13-12-17-7-6-8-18(27)15-17/h2-11,14-15,27H,16H2,1H3. The highest BCUT2D eigenvalue weighted by Crippen LogP contribution is 2.21. The fourth-order valence-electron chi connectivity index (χ4n) is 3.01. The first-order chi connectivity index (χ1) is 14.7. The molecule has 2 aromatic carbocycles. The summed E-state index contributed by atoms with van der Waals surface area (Å²) in [6, 6.07) is 19.3. The van der Waals surface area contributed by atoms with E-state index in [9.17, 15) is 9.90 Å². The van der Waals surface area contributed by atoms with Crippen LogP contribution in [-0.4, -0.2) is 27.6 Å². The Bertz CT molecular complexity index is 1280. The maximum Gasteiger partial charge on any atom is 0.341 e. The lowest BCUT2D eigenvalue weighted by molar-refractivity contribution is 0.0595. The molecule has 6 heteroatoms. The van der Waals surface area contributed by atoms with Crippen LogP contribution in [0.25, 0.3) is 5.65 Å². The number of imidazole rings is 1. The number of benzene rings is 2. The van der Waals surface area contributed by atoms with Crippen molar-refractivity contribution in [2.45, 2.75) is 6.61 Å². The molecule has 0 unspecified atom stereocenters.